The zero-order valence-electron chi connectivity index (χ0n) is 11.7. The van der Waals surface area contributed by atoms with Gasteiger partial charge in [-0.05, 0) is 18.1 Å². The Labute approximate surface area is 119 Å². The lowest BCUT2D eigenvalue weighted by Crippen LogP contribution is -2.31. The predicted octanol–water partition coefficient (Wildman–Crippen LogP) is 2.79. The summed E-state index contributed by atoms with van der Waals surface area (Å²) in [7, 11) is 0. The third-order valence-corrected chi connectivity index (χ3v) is 3.10. The van der Waals surface area contributed by atoms with Crippen LogP contribution in [0, 0.1) is 0 Å². The van der Waals surface area contributed by atoms with Gasteiger partial charge in [0.2, 0.25) is 0 Å². The Hall–Kier alpha value is -2.07. The molecule has 0 spiro atoms. The first-order valence-corrected chi connectivity index (χ1v) is 6.85. The summed E-state index contributed by atoms with van der Waals surface area (Å²) in [6.07, 6.45) is 2.40. The number of carbonyl (C=O) groups is 1. The maximum Gasteiger partial charge on any atom is 0.257 e. The van der Waals surface area contributed by atoms with E-state index >= 15 is 0 Å². The van der Waals surface area contributed by atoms with E-state index < -0.39 is 0 Å². The number of nitrogens with two attached hydrogens (primary N) is 1. The molecule has 0 atom stereocenters. The van der Waals surface area contributed by atoms with Crippen LogP contribution in [0.5, 0.6) is 0 Å². The third-order valence-electron chi connectivity index (χ3n) is 3.10. The molecule has 0 aliphatic carbocycles. The van der Waals surface area contributed by atoms with Gasteiger partial charge < -0.3 is 15.1 Å². The van der Waals surface area contributed by atoms with Gasteiger partial charge in [0.1, 0.15) is 12.0 Å². The van der Waals surface area contributed by atoms with Crippen molar-refractivity contribution in [2.45, 2.75) is 26.4 Å². The normalized spacial score (nSPS) is 10.5. The lowest BCUT2D eigenvalue weighted by atomic mass is 10.2. The lowest BCUT2D eigenvalue weighted by Gasteiger charge is -2.21. The maximum atomic E-state index is 12.5. The molecule has 0 radical (unpaired) electrons. The number of hydrogen-bond donors (Lipinski definition) is 1. The van der Waals surface area contributed by atoms with Gasteiger partial charge in [-0.2, -0.15) is 0 Å². The number of hydrogen-bond acceptors (Lipinski definition) is 3. The smallest absolute Gasteiger partial charge is 0.257 e. The summed E-state index contributed by atoms with van der Waals surface area (Å²) in [6.45, 7) is 3.69. The van der Waals surface area contributed by atoms with E-state index in [4.69, 9.17) is 10.2 Å². The van der Waals surface area contributed by atoms with Crippen LogP contribution in [0.25, 0.3) is 0 Å². The van der Waals surface area contributed by atoms with Gasteiger partial charge in [0.15, 0.2) is 0 Å². The first kappa shape index (κ1) is 14.3. The standard InChI is InChI=1S/C16H20N2O2/c1-2-8-18(11-13-6-4-3-5-7-13)16(19)14-9-15(10-17)20-12-14/h3-7,9,12H,2,8,10-11,17H2,1H3. The van der Waals surface area contributed by atoms with Crippen LogP contribution in [0.1, 0.15) is 35.0 Å². The third kappa shape index (κ3) is 3.48. The highest BCUT2D eigenvalue weighted by Gasteiger charge is 2.17. The van der Waals surface area contributed by atoms with Gasteiger partial charge in [0, 0.05) is 13.1 Å². The molecular weight excluding hydrogens is 252 g/mol. The molecule has 2 N–H and O–H groups in total. The van der Waals surface area contributed by atoms with Crippen molar-refractivity contribution >= 4 is 5.91 Å². The monoisotopic (exact) mass is 272 g/mol. The molecule has 0 bridgehead atoms. The zero-order chi connectivity index (χ0) is 14.4. The molecule has 1 amide bonds. The zero-order valence-corrected chi connectivity index (χ0v) is 11.7. The van der Waals surface area contributed by atoms with Crippen LogP contribution in [-0.2, 0) is 13.1 Å². The van der Waals surface area contributed by atoms with E-state index in [1.54, 1.807) is 6.07 Å². The molecule has 1 aromatic heterocycles. The van der Waals surface area contributed by atoms with Crippen molar-refractivity contribution in [2.24, 2.45) is 5.73 Å². The minimum atomic E-state index is -0.0147. The van der Waals surface area contributed by atoms with Gasteiger partial charge in [0.25, 0.3) is 5.91 Å². The average molecular weight is 272 g/mol. The van der Waals surface area contributed by atoms with Gasteiger partial charge in [-0.15, -0.1) is 0 Å². The summed E-state index contributed by atoms with van der Waals surface area (Å²) in [5, 5.41) is 0. The van der Waals surface area contributed by atoms with E-state index in [9.17, 15) is 4.79 Å². The summed E-state index contributed by atoms with van der Waals surface area (Å²) in [6, 6.07) is 11.7. The van der Waals surface area contributed by atoms with Crippen molar-refractivity contribution < 1.29 is 9.21 Å². The van der Waals surface area contributed by atoms with Crippen molar-refractivity contribution in [1.82, 2.24) is 4.90 Å². The van der Waals surface area contributed by atoms with Gasteiger partial charge in [-0.1, -0.05) is 37.3 Å². The lowest BCUT2D eigenvalue weighted by molar-refractivity contribution is 0.0742. The molecule has 0 saturated carbocycles. The number of nitrogens with zero attached hydrogens (tertiary/aromatic N) is 1. The first-order chi connectivity index (χ1) is 9.74. The van der Waals surface area contributed by atoms with Crippen LogP contribution >= 0.6 is 0 Å². The molecule has 106 valence electrons. The molecule has 4 nitrogen and oxygen atoms in total. The fraction of sp³-hybridized carbons (Fsp3) is 0.312. The van der Waals surface area contributed by atoms with Crippen molar-refractivity contribution in [2.75, 3.05) is 6.54 Å². The number of furan rings is 1. The molecule has 0 aliphatic heterocycles. The highest BCUT2D eigenvalue weighted by Crippen LogP contribution is 2.13. The average Bonchev–Trinajstić information content (AvgIpc) is 2.96. The molecule has 4 heteroatoms. The SMILES string of the molecule is CCCN(Cc1ccccc1)C(=O)c1coc(CN)c1. The van der Waals surface area contributed by atoms with E-state index in [2.05, 4.69) is 6.92 Å². The minimum absolute atomic E-state index is 0.0147. The second kappa shape index (κ2) is 6.91. The molecule has 0 fully saturated rings. The molecule has 0 aliphatic rings. The van der Waals surface area contributed by atoms with Crippen LogP contribution in [0.15, 0.2) is 47.1 Å². The Morgan fingerprint density at radius 3 is 2.65 bits per heavy atom. The molecular formula is C16H20N2O2. The predicted molar refractivity (Wildman–Crippen MR) is 78.1 cm³/mol. The fourth-order valence-corrected chi connectivity index (χ4v) is 2.11. The first-order valence-electron chi connectivity index (χ1n) is 6.85. The van der Waals surface area contributed by atoms with E-state index in [1.807, 2.05) is 35.2 Å². The van der Waals surface area contributed by atoms with E-state index in [1.165, 1.54) is 6.26 Å². The summed E-state index contributed by atoms with van der Waals surface area (Å²) in [4.78, 5) is 14.3. The second-order valence-corrected chi connectivity index (χ2v) is 4.72. The van der Waals surface area contributed by atoms with E-state index in [-0.39, 0.29) is 5.91 Å². The van der Waals surface area contributed by atoms with Crippen molar-refractivity contribution in [1.29, 1.82) is 0 Å². The van der Waals surface area contributed by atoms with Crippen LogP contribution in [0.3, 0.4) is 0 Å². The van der Waals surface area contributed by atoms with E-state index in [0.717, 1.165) is 18.5 Å². The van der Waals surface area contributed by atoms with Crippen LogP contribution in [0.4, 0.5) is 0 Å². The highest BCUT2D eigenvalue weighted by atomic mass is 16.3. The quantitative estimate of drug-likeness (QED) is 0.879. The number of amides is 1. The van der Waals surface area contributed by atoms with Gasteiger partial charge in [-0.3, -0.25) is 4.79 Å². The summed E-state index contributed by atoms with van der Waals surface area (Å²) >= 11 is 0. The van der Waals surface area contributed by atoms with Crippen LogP contribution < -0.4 is 5.73 Å². The van der Waals surface area contributed by atoms with E-state index in [0.29, 0.717) is 24.4 Å². The Kier molecular flexibility index (Phi) is 4.96. The maximum absolute atomic E-state index is 12.5. The Bertz CT molecular complexity index is 549. The van der Waals surface area contributed by atoms with Crippen molar-refractivity contribution in [3.63, 3.8) is 0 Å². The number of benzene rings is 1. The number of carbonyl (C=O) groups excluding carboxylic acids is 1. The summed E-state index contributed by atoms with van der Waals surface area (Å²) in [5.41, 5.74) is 7.19. The fourth-order valence-electron chi connectivity index (χ4n) is 2.11. The molecule has 0 saturated heterocycles. The van der Waals surface area contributed by atoms with Gasteiger partial charge >= 0.3 is 0 Å². The summed E-state index contributed by atoms with van der Waals surface area (Å²) < 4.78 is 5.24. The molecule has 1 aromatic carbocycles. The molecule has 2 rings (SSSR count). The van der Waals surface area contributed by atoms with Crippen molar-refractivity contribution in [3.8, 4) is 0 Å². The number of rotatable bonds is 6. The molecule has 20 heavy (non-hydrogen) atoms. The molecule has 0 unspecified atom stereocenters. The molecule has 2 aromatic rings. The Morgan fingerprint density at radius 2 is 2.05 bits per heavy atom. The Balaban J connectivity index is 2.13. The van der Waals surface area contributed by atoms with Gasteiger partial charge in [0.05, 0.1) is 12.1 Å². The van der Waals surface area contributed by atoms with Crippen molar-refractivity contribution in [3.05, 3.63) is 59.5 Å². The largest absolute Gasteiger partial charge is 0.467 e. The Morgan fingerprint density at radius 1 is 1.30 bits per heavy atom. The minimum Gasteiger partial charge on any atom is -0.467 e. The highest BCUT2D eigenvalue weighted by molar-refractivity contribution is 5.94. The molecule has 1 heterocycles. The second-order valence-electron chi connectivity index (χ2n) is 4.72. The topological polar surface area (TPSA) is 59.5 Å². The van der Waals surface area contributed by atoms with Crippen LogP contribution in [-0.4, -0.2) is 17.4 Å². The summed E-state index contributed by atoms with van der Waals surface area (Å²) in [5.74, 6) is 0.615. The van der Waals surface area contributed by atoms with Gasteiger partial charge in [-0.25, -0.2) is 0 Å². The van der Waals surface area contributed by atoms with Crippen LogP contribution in [0.2, 0.25) is 0 Å².